The van der Waals surface area contributed by atoms with Gasteiger partial charge in [-0.3, -0.25) is 14.6 Å². The zero-order valence-electron chi connectivity index (χ0n) is 16.8. The summed E-state index contributed by atoms with van der Waals surface area (Å²) in [6.45, 7) is 9.94. The van der Waals surface area contributed by atoms with Crippen molar-refractivity contribution in [1.82, 2.24) is 4.98 Å². The van der Waals surface area contributed by atoms with Crippen LogP contribution >= 0.6 is 0 Å². The molecule has 0 atom stereocenters. The summed E-state index contributed by atoms with van der Waals surface area (Å²) < 4.78 is 6.21. The molecule has 1 aliphatic rings. The third-order valence-electron chi connectivity index (χ3n) is 4.92. The molecule has 2 aromatic carbocycles. The van der Waals surface area contributed by atoms with Gasteiger partial charge in [-0.1, -0.05) is 30.3 Å². The molecule has 0 radical (unpaired) electrons. The van der Waals surface area contributed by atoms with Crippen LogP contribution in [0.15, 0.2) is 42.5 Å². The summed E-state index contributed by atoms with van der Waals surface area (Å²) in [5.41, 5.74) is 3.83. The highest BCUT2D eigenvalue weighted by Crippen LogP contribution is 2.38. The first-order chi connectivity index (χ1) is 13.2. The SMILES string of the molecule is Cc1cc(C)c2nc(C3C(=O)c4ccccc4C3=O)cc(OC(C)(C)C)c2c1. The van der Waals surface area contributed by atoms with Crippen LogP contribution in [0.2, 0.25) is 0 Å². The summed E-state index contributed by atoms with van der Waals surface area (Å²) >= 11 is 0. The predicted molar refractivity (Wildman–Crippen MR) is 109 cm³/mol. The number of carbonyl (C=O) groups excluding carboxylic acids is 2. The number of ether oxygens (including phenoxy) is 1. The molecule has 142 valence electrons. The first-order valence-electron chi connectivity index (χ1n) is 9.44. The van der Waals surface area contributed by atoms with Gasteiger partial charge in [0.2, 0.25) is 0 Å². The van der Waals surface area contributed by atoms with Crippen LogP contribution < -0.4 is 4.74 Å². The molecule has 0 saturated carbocycles. The summed E-state index contributed by atoms with van der Waals surface area (Å²) in [6.07, 6.45) is 0. The molecule has 3 aromatic rings. The molecule has 0 unspecified atom stereocenters. The summed E-state index contributed by atoms with van der Waals surface area (Å²) in [7, 11) is 0. The topological polar surface area (TPSA) is 56.3 Å². The molecule has 1 aliphatic carbocycles. The van der Waals surface area contributed by atoms with Crippen LogP contribution in [0.5, 0.6) is 5.75 Å². The maximum atomic E-state index is 13.0. The number of pyridine rings is 1. The third kappa shape index (κ3) is 2.99. The molecular formula is C24H23NO3. The first-order valence-corrected chi connectivity index (χ1v) is 9.44. The number of ketones is 2. The van der Waals surface area contributed by atoms with E-state index in [1.807, 2.05) is 46.8 Å². The number of aryl methyl sites for hydroxylation is 2. The summed E-state index contributed by atoms with van der Waals surface area (Å²) in [5.74, 6) is -0.654. The second-order valence-corrected chi connectivity index (χ2v) is 8.44. The third-order valence-corrected chi connectivity index (χ3v) is 4.92. The van der Waals surface area contributed by atoms with Crippen molar-refractivity contribution in [1.29, 1.82) is 0 Å². The standard InChI is InChI=1S/C24H23NO3/c1-13-10-14(2)21-17(11-13)19(28-24(3,4)5)12-18(25-21)20-22(26)15-8-6-7-9-16(15)23(20)27/h6-12,20H,1-5H3. The second-order valence-electron chi connectivity index (χ2n) is 8.44. The van der Waals surface area contributed by atoms with E-state index in [9.17, 15) is 9.59 Å². The quantitative estimate of drug-likeness (QED) is 0.580. The molecular weight excluding hydrogens is 350 g/mol. The van der Waals surface area contributed by atoms with E-state index >= 15 is 0 Å². The molecule has 0 saturated heterocycles. The van der Waals surface area contributed by atoms with Crippen molar-refractivity contribution in [3.63, 3.8) is 0 Å². The average molecular weight is 373 g/mol. The molecule has 1 heterocycles. The van der Waals surface area contributed by atoms with E-state index in [2.05, 4.69) is 0 Å². The number of aromatic nitrogens is 1. The summed E-state index contributed by atoms with van der Waals surface area (Å²) in [4.78, 5) is 30.7. The van der Waals surface area contributed by atoms with Gasteiger partial charge in [0.25, 0.3) is 0 Å². The van der Waals surface area contributed by atoms with Gasteiger partial charge >= 0.3 is 0 Å². The smallest absolute Gasteiger partial charge is 0.180 e. The monoisotopic (exact) mass is 373 g/mol. The minimum Gasteiger partial charge on any atom is -0.487 e. The van der Waals surface area contributed by atoms with Crippen molar-refractivity contribution in [2.24, 2.45) is 0 Å². The Kier molecular flexibility index (Phi) is 4.11. The summed E-state index contributed by atoms with van der Waals surface area (Å²) in [6, 6.07) is 12.8. The zero-order chi connectivity index (χ0) is 20.2. The Balaban J connectivity index is 1.94. The Labute approximate surface area is 164 Å². The van der Waals surface area contributed by atoms with E-state index in [-0.39, 0.29) is 11.6 Å². The largest absolute Gasteiger partial charge is 0.487 e. The minimum absolute atomic E-state index is 0.195. The van der Waals surface area contributed by atoms with Crippen molar-refractivity contribution in [3.05, 3.63) is 70.4 Å². The van der Waals surface area contributed by atoms with Crippen molar-refractivity contribution in [2.45, 2.75) is 46.1 Å². The molecule has 28 heavy (non-hydrogen) atoms. The lowest BCUT2D eigenvalue weighted by molar-refractivity contribution is 0.0888. The van der Waals surface area contributed by atoms with E-state index < -0.39 is 11.5 Å². The lowest BCUT2D eigenvalue weighted by Gasteiger charge is -2.24. The Bertz CT molecular complexity index is 1100. The van der Waals surface area contributed by atoms with Crippen molar-refractivity contribution in [3.8, 4) is 5.75 Å². The van der Waals surface area contributed by atoms with Gasteiger partial charge in [-0.15, -0.1) is 0 Å². The highest BCUT2D eigenvalue weighted by atomic mass is 16.5. The zero-order valence-corrected chi connectivity index (χ0v) is 16.8. The second kappa shape index (κ2) is 6.26. The van der Waals surface area contributed by atoms with Crippen LogP contribution in [0.1, 0.15) is 64.2 Å². The van der Waals surface area contributed by atoms with Crippen LogP contribution in [-0.4, -0.2) is 22.2 Å². The number of rotatable bonds is 2. The molecule has 0 aliphatic heterocycles. The van der Waals surface area contributed by atoms with Gasteiger partial charge < -0.3 is 4.74 Å². The van der Waals surface area contributed by atoms with E-state index in [0.717, 1.165) is 22.0 Å². The summed E-state index contributed by atoms with van der Waals surface area (Å²) in [5, 5.41) is 0.895. The van der Waals surface area contributed by atoms with Gasteiger partial charge in [0.15, 0.2) is 11.6 Å². The Morgan fingerprint density at radius 2 is 1.54 bits per heavy atom. The van der Waals surface area contributed by atoms with E-state index in [1.54, 1.807) is 30.3 Å². The van der Waals surface area contributed by atoms with E-state index in [0.29, 0.717) is 22.6 Å². The fourth-order valence-electron chi connectivity index (χ4n) is 3.84. The molecule has 4 rings (SSSR count). The number of nitrogens with zero attached hydrogens (tertiary/aromatic N) is 1. The van der Waals surface area contributed by atoms with E-state index in [4.69, 9.17) is 9.72 Å². The van der Waals surface area contributed by atoms with Crippen LogP contribution in [-0.2, 0) is 0 Å². The molecule has 1 aromatic heterocycles. The lowest BCUT2D eigenvalue weighted by atomic mass is 9.96. The normalized spacial score (nSPS) is 14.6. The van der Waals surface area contributed by atoms with Crippen LogP contribution in [0, 0.1) is 13.8 Å². The Morgan fingerprint density at radius 3 is 2.11 bits per heavy atom. The highest BCUT2D eigenvalue weighted by molar-refractivity contribution is 6.29. The fourth-order valence-corrected chi connectivity index (χ4v) is 3.84. The van der Waals surface area contributed by atoms with Crippen LogP contribution in [0.3, 0.4) is 0 Å². The van der Waals surface area contributed by atoms with Gasteiger partial charge in [-0.05, 0) is 51.8 Å². The number of hydrogen-bond acceptors (Lipinski definition) is 4. The van der Waals surface area contributed by atoms with Crippen LogP contribution in [0.4, 0.5) is 0 Å². The predicted octanol–water partition coefficient (Wildman–Crippen LogP) is 5.19. The maximum Gasteiger partial charge on any atom is 0.180 e. The first kappa shape index (κ1) is 18.4. The Hall–Kier alpha value is -3.01. The molecule has 0 bridgehead atoms. The van der Waals surface area contributed by atoms with Gasteiger partial charge in [-0.2, -0.15) is 0 Å². The number of fused-ring (bicyclic) bond motifs is 2. The van der Waals surface area contributed by atoms with Crippen molar-refractivity contribution >= 4 is 22.5 Å². The van der Waals surface area contributed by atoms with E-state index in [1.165, 1.54) is 0 Å². The average Bonchev–Trinajstić information content (AvgIpc) is 2.86. The number of hydrogen-bond donors (Lipinski definition) is 0. The van der Waals surface area contributed by atoms with Gasteiger partial charge in [0, 0.05) is 22.6 Å². The fraction of sp³-hybridized carbons (Fsp3) is 0.292. The number of carbonyl (C=O) groups is 2. The molecule has 0 N–H and O–H groups in total. The van der Waals surface area contributed by atoms with Gasteiger partial charge in [0.05, 0.1) is 11.2 Å². The van der Waals surface area contributed by atoms with Crippen molar-refractivity contribution < 1.29 is 14.3 Å². The number of benzene rings is 2. The minimum atomic E-state index is -0.912. The molecule has 0 fully saturated rings. The molecule has 4 heteroatoms. The van der Waals surface area contributed by atoms with Crippen molar-refractivity contribution in [2.75, 3.05) is 0 Å². The highest BCUT2D eigenvalue weighted by Gasteiger charge is 2.40. The van der Waals surface area contributed by atoms with Gasteiger partial charge in [-0.25, -0.2) is 0 Å². The Morgan fingerprint density at radius 1 is 0.929 bits per heavy atom. The maximum absolute atomic E-state index is 13.0. The van der Waals surface area contributed by atoms with Crippen LogP contribution in [0.25, 0.3) is 10.9 Å². The lowest BCUT2D eigenvalue weighted by Crippen LogP contribution is -2.24. The molecule has 4 nitrogen and oxygen atoms in total. The molecule has 0 spiro atoms. The number of Topliss-reactive ketones (excluding diaryl/α,β-unsaturated/α-hetero) is 2. The van der Waals surface area contributed by atoms with Gasteiger partial charge in [0.1, 0.15) is 17.3 Å². The molecule has 0 amide bonds.